The van der Waals surface area contributed by atoms with Crippen molar-refractivity contribution in [3.63, 3.8) is 0 Å². The molecule has 0 spiro atoms. The minimum atomic E-state index is -0.933. The number of carboxylic acids is 1. The molecule has 1 aromatic rings. The van der Waals surface area contributed by atoms with Gasteiger partial charge >= 0.3 is 12.0 Å². The Morgan fingerprint density at radius 3 is 2.38 bits per heavy atom. The van der Waals surface area contributed by atoms with E-state index in [0.717, 1.165) is 5.56 Å². The number of nitrogens with zero attached hydrogens (tertiary/aromatic N) is 2. The molecule has 2 amide bonds. The van der Waals surface area contributed by atoms with E-state index in [1.54, 1.807) is 23.1 Å². The molecule has 0 saturated heterocycles. The van der Waals surface area contributed by atoms with Crippen molar-refractivity contribution in [2.45, 2.75) is 27.2 Å². The van der Waals surface area contributed by atoms with E-state index in [2.05, 4.69) is 0 Å². The number of hydrogen-bond donors (Lipinski definition) is 2. The number of amides is 2. The molecule has 0 unspecified atom stereocenters. The molecule has 0 atom stereocenters. The number of carbonyl (C=O) groups excluding carboxylic acids is 1. The average Bonchev–Trinajstić information content (AvgIpc) is 2.43. The zero-order valence-electron chi connectivity index (χ0n) is 12.7. The van der Waals surface area contributed by atoms with Crippen LogP contribution in [-0.4, -0.2) is 46.7 Å². The predicted molar refractivity (Wildman–Crippen MR) is 80.8 cm³/mol. The summed E-state index contributed by atoms with van der Waals surface area (Å²) in [4.78, 5) is 26.3. The number of carbonyl (C=O) groups is 2. The largest absolute Gasteiger partial charge is 0.508 e. The normalized spacial score (nSPS) is 10.2. The second-order valence-corrected chi connectivity index (χ2v) is 4.72. The maximum absolute atomic E-state index is 12.6. The highest BCUT2D eigenvalue weighted by Gasteiger charge is 2.22. The van der Waals surface area contributed by atoms with Crippen LogP contribution in [-0.2, 0) is 4.79 Å². The molecule has 6 heteroatoms. The summed E-state index contributed by atoms with van der Waals surface area (Å²) in [5.74, 6) is -0.840. The molecule has 0 fully saturated rings. The number of rotatable bonds is 6. The van der Waals surface area contributed by atoms with Gasteiger partial charge in [-0.25, -0.2) is 4.79 Å². The van der Waals surface area contributed by atoms with Gasteiger partial charge in [-0.1, -0.05) is 6.07 Å². The van der Waals surface area contributed by atoms with Crippen molar-refractivity contribution in [2.75, 3.05) is 24.5 Å². The molecule has 0 aliphatic heterocycles. The molecule has 1 aromatic carbocycles. The Morgan fingerprint density at radius 2 is 1.86 bits per heavy atom. The molecule has 21 heavy (non-hydrogen) atoms. The summed E-state index contributed by atoms with van der Waals surface area (Å²) >= 11 is 0. The van der Waals surface area contributed by atoms with E-state index in [4.69, 9.17) is 5.11 Å². The van der Waals surface area contributed by atoms with Crippen molar-refractivity contribution in [1.82, 2.24) is 4.90 Å². The van der Waals surface area contributed by atoms with Crippen molar-refractivity contribution in [2.24, 2.45) is 0 Å². The van der Waals surface area contributed by atoms with Crippen molar-refractivity contribution < 1.29 is 19.8 Å². The van der Waals surface area contributed by atoms with Crippen LogP contribution in [0.15, 0.2) is 18.2 Å². The molecule has 0 radical (unpaired) electrons. The zero-order chi connectivity index (χ0) is 16.0. The van der Waals surface area contributed by atoms with Crippen LogP contribution < -0.4 is 4.90 Å². The van der Waals surface area contributed by atoms with E-state index < -0.39 is 5.97 Å². The van der Waals surface area contributed by atoms with E-state index in [-0.39, 0.29) is 24.7 Å². The van der Waals surface area contributed by atoms with Gasteiger partial charge in [-0.2, -0.15) is 0 Å². The maximum atomic E-state index is 12.6. The SMILES string of the molecule is CCN(CCC(=O)O)C(=O)N(CC)c1cc(O)ccc1C. The van der Waals surface area contributed by atoms with Crippen LogP contribution in [0.3, 0.4) is 0 Å². The number of anilines is 1. The van der Waals surface area contributed by atoms with Gasteiger partial charge in [-0.05, 0) is 32.4 Å². The Balaban J connectivity index is 2.99. The lowest BCUT2D eigenvalue weighted by molar-refractivity contribution is -0.137. The molecule has 116 valence electrons. The topological polar surface area (TPSA) is 81.1 Å². The smallest absolute Gasteiger partial charge is 0.324 e. The fraction of sp³-hybridized carbons (Fsp3) is 0.467. The first-order valence-electron chi connectivity index (χ1n) is 6.98. The summed E-state index contributed by atoms with van der Waals surface area (Å²) in [6.07, 6.45) is -0.0871. The number of urea groups is 1. The molecule has 1 rings (SSSR count). The van der Waals surface area contributed by atoms with Gasteiger partial charge in [0.25, 0.3) is 0 Å². The molecule has 2 N–H and O–H groups in total. The van der Waals surface area contributed by atoms with E-state index in [0.29, 0.717) is 18.8 Å². The lowest BCUT2D eigenvalue weighted by Gasteiger charge is -2.30. The average molecular weight is 294 g/mol. The number of phenols is 1. The number of aryl methyl sites for hydroxylation is 1. The number of benzene rings is 1. The van der Waals surface area contributed by atoms with Crippen LogP contribution in [0.25, 0.3) is 0 Å². The maximum Gasteiger partial charge on any atom is 0.324 e. The Labute approximate surface area is 124 Å². The van der Waals surface area contributed by atoms with E-state index in [1.165, 1.54) is 4.90 Å². The van der Waals surface area contributed by atoms with Crippen molar-refractivity contribution in [3.05, 3.63) is 23.8 Å². The van der Waals surface area contributed by atoms with E-state index in [9.17, 15) is 14.7 Å². The van der Waals surface area contributed by atoms with Crippen LogP contribution in [0.5, 0.6) is 5.75 Å². The fourth-order valence-corrected chi connectivity index (χ4v) is 2.09. The molecule has 0 saturated carbocycles. The summed E-state index contributed by atoms with van der Waals surface area (Å²) in [7, 11) is 0. The monoisotopic (exact) mass is 294 g/mol. The zero-order valence-corrected chi connectivity index (χ0v) is 12.7. The summed E-state index contributed by atoms with van der Waals surface area (Å²) in [6, 6.07) is 4.60. The van der Waals surface area contributed by atoms with Gasteiger partial charge in [-0.15, -0.1) is 0 Å². The van der Waals surface area contributed by atoms with Crippen LogP contribution in [0.4, 0.5) is 10.5 Å². The second kappa shape index (κ2) is 7.52. The number of phenolic OH excluding ortho intramolecular Hbond substituents is 1. The van der Waals surface area contributed by atoms with Crippen molar-refractivity contribution >= 4 is 17.7 Å². The van der Waals surface area contributed by atoms with Gasteiger partial charge in [0.1, 0.15) is 5.75 Å². The summed E-state index contributed by atoms with van der Waals surface area (Å²) in [6.45, 7) is 6.54. The van der Waals surface area contributed by atoms with Crippen LogP contribution in [0, 0.1) is 6.92 Å². The minimum Gasteiger partial charge on any atom is -0.508 e. The number of aliphatic carboxylic acids is 1. The van der Waals surface area contributed by atoms with Crippen molar-refractivity contribution in [1.29, 1.82) is 0 Å². The predicted octanol–water partition coefficient (Wildman–Crippen LogP) is 2.44. The summed E-state index contributed by atoms with van der Waals surface area (Å²) < 4.78 is 0. The standard InChI is InChI=1S/C15H22N2O4/c1-4-16(9-8-14(19)20)15(21)17(5-2)13-10-12(18)7-6-11(13)3/h6-7,10,18H,4-5,8-9H2,1-3H3,(H,19,20). The van der Waals surface area contributed by atoms with Gasteiger partial charge in [0.15, 0.2) is 0 Å². The van der Waals surface area contributed by atoms with Crippen molar-refractivity contribution in [3.8, 4) is 5.75 Å². The Morgan fingerprint density at radius 1 is 1.19 bits per heavy atom. The fourth-order valence-electron chi connectivity index (χ4n) is 2.09. The Hall–Kier alpha value is -2.24. The number of aromatic hydroxyl groups is 1. The first-order chi connectivity index (χ1) is 9.90. The Bertz CT molecular complexity index is 516. The van der Waals surface area contributed by atoms with Crippen LogP contribution in [0.2, 0.25) is 0 Å². The van der Waals surface area contributed by atoms with Gasteiger partial charge in [0.2, 0.25) is 0 Å². The molecule has 0 aliphatic carbocycles. The van der Waals surface area contributed by atoms with E-state index in [1.807, 2.05) is 20.8 Å². The molecule has 0 heterocycles. The molecular weight excluding hydrogens is 272 g/mol. The van der Waals surface area contributed by atoms with Gasteiger partial charge < -0.3 is 15.1 Å². The van der Waals surface area contributed by atoms with Gasteiger partial charge in [-0.3, -0.25) is 9.69 Å². The molecule has 6 nitrogen and oxygen atoms in total. The highest BCUT2D eigenvalue weighted by atomic mass is 16.4. The summed E-state index contributed by atoms with van der Waals surface area (Å²) in [5.41, 5.74) is 1.51. The Kier molecular flexibility index (Phi) is 6.02. The summed E-state index contributed by atoms with van der Waals surface area (Å²) in [5, 5.41) is 18.4. The lowest BCUT2D eigenvalue weighted by Crippen LogP contribution is -2.44. The van der Waals surface area contributed by atoms with Gasteiger partial charge in [0.05, 0.1) is 12.1 Å². The first kappa shape index (κ1) is 16.8. The quantitative estimate of drug-likeness (QED) is 0.844. The second-order valence-electron chi connectivity index (χ2n) is 4.72. The lowest BCUT2D eigenvalue weighted by atomic mass is 10.1. The third kappa shape index (κ3) is 4.37. The highest BCUT2D eigenvalue weighted by molar-refractivity contribution is 5.93. The minimum absolute atomic E-state index is 0.0871. The molecule has 0 bridgehead atoms. The number of hydrogen-bond acceptors (Lipinski definition) is 3. The first-order valence-corrected chi connectivity index (χ1v) is 6.98. The molecule has 0 aliphatic rings. The highest BCUT2D eigenvalue weighted by Crippen LogP contribution is 2.25. The third-order valence-corrected chi connectivity index (χ3v) is 3.28. The van der Waals surface area contributed by atoms with Gasteiger partial charge in [0, 0.05) is 25.7 Å². The van der Waals surface area contributed by atoms with E-state index >= 15 is 0 Å². The molecular formula is C15H22N2O4. The third-order valence-electron chi connectivity index (χ3n) is 3.28. The number of carboxylic acid groups (broad SMARTS) is 1. The van der Waals surface area contributed by atoms with Crippen LogP contribution >= 0.6 is 0 Å². The molecule has 0 aromatic heterocycles. The van der Waals surface area contributed by atoms with Crippen LogP contribution in [0.1, 0.15) is 25.8 Å².